The molecule has 0 aliphatic rings. The number of benzene rings is 1. The Bertz CT molecular complexity index is 373. The van der Waals surface area contributed by atoms with Crippen molar-refractivity contribution in [3.63, 3.8) is 0 Å². The SMILES string of the molecule is CCC/C=c1\cccc\c1=C\CCCC. The summed E-state index contributed by atoms with van der Waals surface area (Å²) in [6.45, 7) is 4.46. The highest BCUT2D eigenvalue weighted by Crippen LogP contribution is 1.93. The fraction of sp³-hybridized carbons (Fsp3) is 0.467. The molecule has 1 aromatic rings. The molecule has 82 valence electrons. The topological polar surface area (TPSA) is 0 Å². The summed E-state index contributed by atoms with van der Waals surface area (Å²) in [4.78, 5) is 0. The van der Waals surface area contributed by atoms with E-state index in [9.17, 15) is 0 Å². The fourth-order valence-corrected chi connectivity index (χ4v) is 1.64. The van der Waals surface area contributed by atoms with Gasteiger partial charge >= 0.3 is 0 Å². The first-order valence-corrected chi connectivity index (χ1v) is 6.14. The third kappa shape index (κ3) is 4.33. The van der Waals surface area contributed by atoms with Crippen LogP contribution in [0.5, 0.6) is 0 Å². The Morgan fingerprint density at radius 3 is 2.00 bits per heavy atom. The van der Waals surface area contributed by atoms with E-state index in [-0.39, 0.29) is 0 Å². The lowest BCUT2D eigenvalue weighted by Gasteiger charge is -1.93. The van der Waals surface area contributed by atoms with E-state index in [1.54, 1.807) is 0 Å². The summed E-state index contributed by atoms with van der Waals surface area (Å²) in [5.74, 6) is 0. The predicted octanol–water partition coefficient (Wildman–Crippen LogP) is 3.24. The fourth-order valence-electron chi connectivity index (χ4n) is 1.64. The Morgan fingerprint density at radius 1 is 0.867 bits per heavy atom. The van der Waals surface area contributed by atoms with Gasteiger partial charge in [-0.05, 0) is 23.3 Å². The van der Waals surface area contributed by atoms with Crippen molar-refractivity contribution in [3.8, 4) is 0 Å². The first-order valence-electron chi connectivity index (χ1n) is 6.14. The second-order valence-corrected chi connectivity index (χ2v) is 3.97. The van der Waals surface area contributed by atoms with Gasteiger partial charge in [-0.1, -0.05) is 69.5 Å². The molecule has 0 fully saturated rings. The van der Waals surface area contributed by atoms with Crippen LogP contribution in [-0.4, -0.2) is 0 Å². The number of hydrogen-bond acceptors (Lipinski definition) is 0. The van der Waals surface area contributed by atoms with Crippen LogP contribution in [0.15, 0.2) is 24.3 Å². The molecular formula is C15H22. The van der Waals surface area contributed by atoms with E-state index in [4.69, 9.17) is 0 Å². The summed E-state index contributed by atoms with van der Waals surface area (Å²) in [5, 5.41) is 2.80. The quantitative estimate of drug-likeness (QED) is 0.643. The maximum absolute atomic E-state index is 2.37. The Hall–Kier alpha value is -1.04. The third-order valence-electron chi connectivity index (χ3n) is 2.57. The summed E-state index contributed by atoms with van der Waals surface area (Å²) >= 11 is 0. The molecule has 0 N–H and O–H groups in total. The van der Waals surface area contributed by atoms with Crippen molar-refractivity contribution in [2.45, 2.75) is 46.0 Å². The highest BCUT2D eigenvalue weighted by molar-refractivity contribution is 5.31. The molecule has 0 saturated carbocycles. The van der Waals surface area contributed by atoms with Crippen molar-refractivity contribution in [1.29, 1.82) is 0 Å². The minimum Gasteiger partial charge on any atom is -0.0767 e. The molecule has 0 heteroatoms. The molecule has 1 rings (SSSR count). The van der Waals surface area contributed by atoms with Crippen LogP contribution in [0.2, 0.25) is 0 Å². The molecule has 1 aromatic carbocycles. The van der Waals surface area contributed by atoms with Crippen LogP contribution in [0.1, 0.15) is 46.0 Å². The summed E-state index contributed by atoms with van der Waals surface area (Å²) in [7, 11) is 0. The molecule has 0 nitrogen and oxygen atoms in total. The monoisotopic (exact) mass is 202 g/mol. The molecule has 0 aliphatic carbocycles. The van der Waals surface area contributed by atoms with Crippen LogP contribution in [-0.2, 0) is 0 Å². The van der Waals surface area contributed by atoms with Crippen molar-refractivity contribution in [2.75, 3.05) is 0 Å². The van der Waals surface area contributed by atoms with Crippen molar-refractivity contribution < 1.29 is 0 Å². The van der Waals surface area contributed by atoms with Crippen molar-refractivity contribution in [2.24, 2.45) is 0 Å². The van der Waals surface area contributed by atoms with Crippen LogP contribution in [0, 0.1) is 0 Å². The lowest BCUT2D eigenvalue weighted by molar-refractivity contribution is 0.833. The van der Waals surface area contributed by atoms with Gasteiger partial charge in [0, 0.05) is 0 Å². The maximum atomic E-state index is 2.37. The molecule has 15 heavy (non-hydrogen) atoms. The van der Waals surface area contributed by atoms with Crippen LogP contribution in [0.4, 0.5) is 0 Å². The lowest BCUT2D eigenvalue weighted by atomic mass is 10.1. The van der Waals surface area contributed by atoms with Crippen LogP contribution >= 0.6 is 0 Å². The summed E-state index contributed by atoms with van der Waals surface area (Å²) in [6.07, 6.45) is 10.9. The molecule has 0 heterocycles. The van der Waals surface area contributed by atoms with Gasteiger partial charge in [0.2, 0.25) is 0 Å². The second kappa shape index (κ2) is 7.28. The summed E-state index contributed by atoms with van der Waals surface area (Å²) in [6, 6.07) is 8.68. The average Bonchev–Trinajstić information content (AvgIpc) is 2.28. The van der Waals surface area contributed by atoms with E-state index in [1.165, 1.54) is 42.5 Å². The molecule has 0 atom stereocenters. The van der Waals surface area contributed by atoms with Gasteiger partial charge in [-0.25, -0.2) is 0 Å². The van der Waals surface area contributed by atoms with E-state index in [2.05, 4.69) is 50.3 Å². The van der Waals surface area contributed by atoms with Gasteiger partial charge in [0.25, 0.3) is 0 Å². The molecule has 0 aliphatic heterocycles. The predicted molar refractivity (Wildman–Crippen MR) is 69.1 cm³/mol. The number of rotatable bonds is 5. The molecule has 0 bridgehead atoms. The molecule has 0 aromatic heterocycles. The summed E-state index contributed by atoms with van der Waals surface area (Å²) < 4.78 is 0. The van der Waals surface area contributed by atoms with Crippen molar-refractivity contribution in [1.82, 2.24) is 0 Å². The molecule has 0 saturated heterocycles. The van der Waals surface area contributed by atoms with E-state index < -0.39 is 0 Å². The first kappa shape index (κ1) is 12.0. The van der Waals surface area contributed by atoms with Gasteiger partial charge < -0.3 is 0 Å². The van der Waals surface area contributed by atoms with Gasteiger partial charge in [-0.2, -0.15) is 0 Å². The zero-order chi connectivity index (χ0) is 10.9. The van der Waals surface area contributed by atoms with Gasteiger partial charge in [0.1, 0.15) is 0 Å². The van der Waals surface area contributed by atoms with Gasteiger partial charge in [-0.3, -0.25) is 0 Å². The van der Waals surface area contributed by atoms with Crippen LogP contribution < -0.4 is 10.4 Å². The average molecular weight is 202 g/mol. The summed E-state index contributed by atoms with van der Waals surface area (Å²) in [5.41, 5.74) is 0. The zero-order valence-corrected chi connectivity index (χ0v) is 10.00. The smallest absolute Gasteiger partial charge is 0.0227 e. The molecular weight excluding hydrogens is 180 g/mol. The normalized spacial score (nSPS) is 13.5. The Labute approximate surface area is 93.3 Å². The highest BCUT2D eigenvalue weighted by Gasteiger charge is 1.85. The minimum absolute atomic E-state index is 1.18. The lowest BCUT2D eigenvalue weighted by Crippen LogP contribution is -2.23. The maximum Gasteiger partial charge on any atom is -0.0227 e. The van der Waals surface area contributed by atoms with Gasteiger partial charge in [0.05, 0.1) is 0 Å². The van der Waals surface area contributed by atoms with Crippen molar-refractivity contribution in [3.05, 3.63) is 34.7 Å². The third-order valence-corrected chi connectivity index (χ3v) is 2.57. The van der Waals surface area contributed by atoms with Gasteiger partial charge in [-0.15, -0.1) is 0 Å². The second-order valence-electron chi connectivity index (χ2n) is 3.97. The van der Waals surface area contributed by atoms with E-state index >= 15 is 0 Å². The van der Waals surface area contributed by atoms with Crippen LogP contribution in [0.3, 0.4) is 0 Å². The highest BCUT2D eigenvalue weighted by atomic mass is 13.9. The first-order chi connectivity index (χ1) is 7.38. The van der Waals surface area contributed by atoms with Crippen LogP contribution in [0.25, 0.3) is 12.2 Å². The molecule has 0 radical (unpaired) electrons. The molecule has 0 amide bonds. The Balaban J connectivity index is 2.90. The Morgan fingerprint density at radius 2 is 1.47 bits per heavy atom. The van der Waals surface area contributed by atoms with Crippen molar-refractivity contribution >= 4 is 12.2 Å². The molecule has 0 spiro atoms. The minimum atomic E-state index is 1.18. The van der Waals surface area contributed by atoms with E-state index in [0.717, 1.165) is 0 Å². The largest absolute Gasteiger partial charge is 0.0767 e. The van der Waals surface area contributed by atoms with E-state index in [1.807, 2.05) is 0 Å². The standard InChI is InChI=1S/C15H22/c1-3-5-7-11-15-13-9-8-12-14(15)10-6-4-2/h8-13H,3-7H2,1-2H3/b14-10+,15-11-. The number of unbranched alkanes of at least 4 members (excludes halogenated alkanes) is 3. The molecule has 0 unspecified atom stereocenters. The van der Waals surface area contributed by atoms with Gasteiger partial charge in [0.15, 0.2) is 0 Å². The van der Waals surface area contributed by atoms with E-state index in [0.29, 0.717) is 0 Å². The zero-order valence-electron chi connectivity index (χ0n) is 10.00. The number of hydrogen-bond donors (Lipinski definition) is 0. The Kier molecular flexibility index (Phi) is 5.84.